The highest BCUT2D eigenvalue weighted by atomic mass is 19.4. The van der Waals surface area contributed by atoms with Crippen molar-refractivity contribution in [2.24, 2.45) is 5.92 Å². The van der Waals surface area contributed by atoms with Gasteiger partial charge in [-0.3, -0.25) is 9.59 Å². The van der Waals surface area contributed by atoms with Gasteiger partial charge in [-0.1, -0.05) is 43.2 Å². The molecule has 3 aromatic carbocycles. The van der Waals surface area contributed by atoms with Crippen LogP contribution >= 0.6 is 0 Å². The molecule has 1 heterocycles. The molecule has 0 bridgehead atoms. The average molecular weight is 601 g/mol. The van der Waals surface area contributed by atoms with Gasteiger partial charge in [-0.25, -0.2) is 4.39 Å². The summed E-state index contributed by atoms with van der Waals surface area (Å²) in [5.74, 6) is -3.07. The van der Waals surface area contributed by atoms with Crippen LogP contribution in [0.3, 0.4) is 0 Å². The molecule has 1 aliphatic heterocycles. The summed E-state index contributed by atoms with van der Waals surface area (Å²) in [6, 6.07) is 11.0. The minimum atomic E-state index is -5.03. The van der Waals surface area contributed by atoms with Crippen LogP contribution in [0.2, 0.25) is 0 Å². The number of carbonyl (C=O) groups excluding carboxylic acids is 2. The molecule has 2 atom stereocenters. The monoisotopic (exact) mass is 600 g/mol. The summed E-state index contributed by atoms with van der Waals surface area (Å²) < 4.78 is 79.9. The van der Waals surface area contributed by atoms with Crippen molar-refractivity contribution >= 4 is 23.2 Å². The fourth-order valence-electron chi connectivity index (χ4n) is 6.15. The number of piperidine rings is 1. The van der Waals surface area contributed by atoms with E-state index >= 15 is 0 Å². The normalized spacial score (nSPS) is 20.7. The van der Waals surface area contributed by atoms with Gasteiger partial charge in [0.05, 0.1) is 33.8 Å². The first-order valence-corrected chi connectivity index (χ1v) is 14.3. The number of nitrogens with one attached hydrogen (secondary N) is 2. The molecule has 2 amide bonds. The van der Waals surface area contributed by atoms with Crippen LogP contribution in [0.15, 0.2) is 60.6 Å². The Hall–Kier alpha value is -3.92. The van der Waals surface area contributed by atoms with Crippen LogP contribution in [0.4, 0.5) is 28.9 Å². The number of rotatable bonds is 7. The molecule has 0 radical (unpaired) electrons. The largest absolute Gasteiger partial charge is 0.416 e. The Morgan fingerprint density at radius 1 is 1.05 bits per heavy atom. The Bertz CT molecular complexity index is 1600. The molecule has 0 spiro atoms. The maximum Gasteiger partial charge on any atom is 0.416 e. The van der Waals surface area contributed by atoms with Crippen molar-refractivity contribution in [3.63, 3.8) is 0 Å². The number of benzene rings is 3. The van der Waals surface area contributed by atoms with Gasteiger partial charge in [0.1, 0.15) is 5.82 Å². The minimum Gasteiger partial charge on any atom is -0.392 e. The van der Waals surface area contributed by atoms with Gasteiger partial charge in [0, 0.05) is 24.0 Å². The molecule has 2 fully saturated rings. The molecular weight excluding hydrogens is 562 g/mol. The first-order valence-electron chi connectivity index (χ1n) is 15.8. The van der Waals surface area contributed by atoms with Gasteiger partial charge in [0.2, 0.25) is 5.91 Å². The van der Waals surface area contributed by atoms with Crippen LogP contribution in [0, 0.1) is 18.7 Å². The minimum absolute atomic E-state index is 0.146. The molecule has 5 rings (SSSR count). The number of aliphatic hydroxyl groups is 1. The van der Waals surface area contributed by atoms with Crippen molar-refractivity contribution in [1.82, 2.24) is 4.90 Å². The fraction of sp³-hybridized carbons (Fsp3) is 0.394. The molecular formula is C33H35F4N3O3. The predicted octanol–water partition coefficient (Wildman–Crippen LogP) is 7.23. The van der Waals surface area contributed by atoms with Crippen LogP contribution < -0.4 is 10.6 Å². The maximum absolute atomic E-state index is 15.0. The molecule has 3 N–H and O–H groups in total. The van der Waals surface area contributed by atoms with Gasteiger partial charge in [0.25, 0.3) is 5.91 Å². The Kier molecular flexibility index (Phi) is 7.91. The van der Waals surface area contributed by atoms with Gasteiger partial charge in [-0.2, -0.15) is 13.2 Å². The lowest BCUT2D eigenvalue weighted by Crippen LogP contribution is -2.46. The van der Waals surface area contributed by atoms with Crippen LogP contribution in [0.5, 0.6) is 0 Å². The van der Waals surface area contributed by atoms with Gasteiger partial charge >= 0.3 is 6.18 Å². The van der Waals surface area contributed by atoms with E-state index in [9.17, 15) is 32.3 Å². The Labute approximate surface area is 252 Å². The Morgan fingerprint density at radius 2 is 1.79 bits per heavy atom. The number of carbonyl (C=O) groups is 2. The van der Waals surface area contributed by atoms with E-state index < -0.39 is 53.5 Å². The van der Waals surface area contributed by atoms with Crippen LogP contribution in [-0.2, 0) is 17.5 Å². The highest BCUT2D eigenvalue weighted by Crippen LogP contribution is 2.40. The zero-order chi connectivity index (χ0) is 33.4. The number of alkyl halides is 3. The number of likely N-dealkylation sites (tertiary alicyclic amines) is 1. The lowest BCUT2D eigenvalue weighted by atomic mass is 9.83. The average Bonchev–Trinajstić information content (AvgIpc) is 3.50. The summed E-state index contributed by atoms with van der Waals surface area (Å²) in [7, 11) is 0. The van der Waals surface area contributed by atoms with Gasteiger partial charge in [-0.05, 0) is 79.6 Å². The van der Waals surface area contributed by atoms with Crippen LogP contribution in [-0.4, -0.2) is 34.4 Å². The van der Waals surface area contributed by atoms with Crippen LogP contribution in [0.25, 0.3) is 0 Å². The topological polar surface area (TPSA) is 81.7 Å². The molecule has 1 aliphatic carbocycles. The van der Waals surface area contributed by atoms with Crippen molar-refractivity contribution < 1.29 is 36.4 Å². The fourth-order valence-corrected chi connectivity index (χ4v) is 6.15. The third kappa shape index (κ3) is 6.69. The molecule has 0 unspecified atom stereocenters. The molecule has 43 heavy (non-hydrogen) atoms. The molecule has 2 aliphatic rings. The number of amides is 2. The molecule has 3 aromatic rings. The van der Waals surface area contributed by atoms with E-state index in [-0.39, 0.29) is 36.3 Å². The van der Waals surface area contributed by atoms with Crippen molar-refractivity contribution in [2.45, 2.75) is 70.3 Å². The third-order valence-electron chi connectivity index (χ3n) is 8.27. The van der Waals surface area contributed by atoms with E-state index in [1.807, 2.05) is 0 Å². The van der Waals surface area contributed by atoms with Gasteiger partial charge < -0.3 is 20.6 Å². The lowest BCUT2D eigenvalue weighted by Gasteiger charge is -2.41. The van der Waals surface area contributed by atoms with Crippen LogP contribution in [0.1, 0.15) is 81.3 Å². The molecule has 228 valence electrons. The summed E-state index contributed by atoms with van der Waals surface area (Å²) in [6.07, 6.45) is -0.287. The zero-order valence-electron chi connectivity index (χ0n) is 26.6. The van der Waals surface area contributed by atoms with Gasteiger partial charge in [0.15, 0.2) is 0 Å². The molecule has 1 saturated carbocycles. The van der Waals surface area contributed by atoms with E-state index in [0.29, 0.717) is 29.3 Å². The summed E-state index contributed by atoms with van der Waals surface area (Å²) in [5, 5.41) is 15.5. The van der Waals surface area contributed by atoms with Crippen molar-refractivity contribution in [2.75, 3.05) is 17.2 Å². The lowest BCUT2D eigenvalue weighted by molar-refractivity contribution is -0.138. The molecule has 0 aromatic heterocycles. The molecule has 10 heteroatoms. The SMILES string of the molecule is [2H]c1cc([C@H]2[C@@H](C(=O)Nc3ccc(C([2H])([2H])O)c(C(F)(F)F)c3)CCCN2C(=O)c2c(C)cccc2F)ccc1NC1CCCC1. The predicted molar refractivity (Wildman–Crippen MR) is 156 cm³/mol. The zero-order valence-corrected chi connectivity index (χ0v) is 23.6. The quantitative estimate of drug-likeness (QED) is 0.250. The summed E-state index contributed by atoms with van der Waals surface area (Å²) in [6.45, 7) is -1.50. The number of nitrogens with zero attached hydrogens (tertiary/aromatic N) is 1. The first kappa shape index (κ1) is 26.7. The highest BCUT2D eigenvalue weighted by Gasteiger charge is 2.41. The third-order valence-corrected chi connectivity index (χ3v) is 8.27. The van der Waals surface area contributed by atoms with Crippen molar-refractivity contribution in [3.8, 4) is 0 Å². The summed E-state index contributed by atoms with van der Waals surface area (Å²) in [4.78, 5) is 29.1. The molecule has 1 saturated heterocycles. The Balaban J connectivity index is 1.52. The summed E-state index contributed by atoms with van der Waals surface area (Å²) >= 11 is 0. The van der Waals surface area contributed by atoms with E-state index in [0.717, 1.165) is 37.8 Å². The van der Waals surface area contributed by atoms with Gasteiger partial charge in [-0.15, -0.1) is 0 Å². The van der Waals surface area contributed by atoms with E-state index in [4.69, 9.17) is 4.11 Å². The highest BCUT2D eigenvalue weighted by molar-refractivity contribution is 5.98. The second kappa shape index (κ2) is 12.8. The second-order valence-electron chi connectivity index (χ2n) is 11.1. The molecule has 6 nitrogen and oxygen atoms in total. The van der Waals surface area contributed by atoms with E-state index in [1.54, 1.807) is 31.2 Å². The van der Waals surface area contributed by atoms with E-state index in [2.05, 4.69) is 10.6 Å². The number of hydrogen-bond donors (Lipinski definition) is 3. The maximum atomic E-state index is 15.0. The summed E-state index contributed by atoms with van der Waals surface area (Å²) in [5.41, 5.74) is -1.44. The van der Waals surface area contributed by atoms with Crippen molar-refractivity contribution in [3.05, 3.63) is 94.3 Å². The van der Waals surface area contributed by atoms with E-state index in [1.165, 1.54) is 17.0 Å². The standard InChI is InChI=1S/C33H35F4N3O3/c1-20-6-4-10-28(34)29(20)32(43)40-17-5-9-26(30(40)21-11-14-24(15-12-21)38-23-7-2-3-8-23)31(42)39-25-16-13-22(19-41)27(18-25)33(35,36)37/h4,6,10-16,18,23,26,30,38,41H,2-3,5,7-9,17,19H2,1H3,(H,39,42)/t26-,30-/m0/s1/i14D,19D2. The first-order chi connectivity index (χ1) is 21.6. The second-order valence-corrected chi connectivity index (χ2v) is 11.1. The smallest absolute Gasteiger partial charge is 0.392 e. The van der Waals surface area contributed by atoms with Crippen molar-refractivity contribution in [1.29, 1.82) is 0 Å². The number of anilines is 2. The number of halogens is 4. The number of aryl methyl sites for hydroxylation is 1. The number of hydrogen-bond acceptors (Lipinski definition) is 4. The Morgan fingerprint density at radius 3 is 2.47 bits per heavy atom.